The molecule has 0 bridgehead atoms. The minimum absolute atomic E-state index is 0.242. The van der Waals surface area contributed by atoms with Gasteiger partial charge >= 0.3 is 0 Å². The van der Waals surface area contributed by atoms with Crippen LogP contribution >= 0.6 is 31.9 Å². The number of benzene rings is 2. The van der Waals surface area contributed by atoms with Gasteiger partial charge in [-0.25, -0.2) is 5.01 Å². The van der Waals surface area contributed by atoms with Crippen LogP contribution in [0.4, 0.5) is 0 Å². The molecule has 1 spiro atoms. The molecule has 2 heterocycles. The fourth-order valence-electron chi connectivity index (χ4n) is 4.36. The highest BCUT2D eigenvalue weighted by atomic mass is 79.9. The largest absolute Gasteiger partial charge is 0.465 e. The summed E-state index contributed by atoms with van der Waals surface area (Å²) >= 11 is 7.34. The highest BCUT2D eigenvalue weighted by Crippen LogP contribution is 2.54. The van der Waals surface area contributed by atoms with Crippen molar-refractivity contribution in [2.75, 3.05) is 0 Å². The summed E-state index contributed by atoms with van der Waals surface area (Å²) in [6.45, 7) is 0. The third-order valence-corrected chi connectivity index (χ3v) is 6.55. The predicted molar refractivity (Wildman–Crippen MR) is 106 cm³/mol. The Hall–Kier alpha value is -1.33. The van der Waals surface area contributed by atoms with Crippen LogP contribution in [0.3, 0.4) is 0 Å². The van der Waals surface area contributed by atoms with Crippen LogP contribution in [0.2, 0.25) is 0 Å². The first-order valence-corrected chi connectivity index (χ1v) is 10.4. The minimum atomic E-state index is -0.287. The number of hydrogen-bond donors (Lipinski definition) is 0. The molecule has 1 atom stereocenters. The van der Waals surface area contributed by atoms with E-state index < -0.39 is 0 Å². The standard InChI is InChI=1S/C20H18Br2N2O/c21-14-10-15-18-12-17(13-6-2-1-3-7-13)23-24(18)20(8-4-5-9-20)25-19(15)16(22)11-14/h1-3,6-7,10-11,18H,4-5,8-9,12H2. The lowest BCUT2D eigenvalue weighted by molar-refractivity contribution is -0.114. The van der Waals surface area contributed by atoms with Gasteiger partial charge in [0.15, 0.2) is 5.72 Å². The molecule has 1 unspecified atom stereocenters. The van der Waals surface area contributed by atoms with Crippen LogP contribution < -0.4 is 4.74 Å². The van der Waals surface area contributed by atoms with Crippen molar-refractivity contribution in [2.45, 2.75) is 43.9 Å². The van der Waals surface area contributed by atoms with Crippen molar-refractivity contribution in [1.82, 2.24) is 5.01 Å². The van der Waals surface area contributed by atoms with Gasteiger partial charge in [0, 0.05) is 29.3 Å². The first-order valence-electron chi connectivity index (χ1n) is 8.76. The maximum absolute atomic E-state index is 6.62. The molecule has 3 aliphatic rings. The maximum atomic E-state index is 6.62. The Labute approximate surface area is 164 Å². The number of nitrogens with zero attached hydrogens (tertiary/aromatic N) is 2. The number of fused-ring (bicyclic) bond motifs is 4. The molecule has 0 aromatic heterocycles. The number of rotatable bonds is 1. The van der Waals surface area contributed by atoms with E-state index in [9.17, 15) is 0 Å². The summed E-state index contributed by atoms with van der Waals surface area (Å²) in [7, 11) is 0. The van der Waals surface area contributed by atoms with Crippen LogP contribution in [0.1, 0.15) is 49.3 Å². The van der Waals surface area contributed by atoms with Gasteiger partial charge in [-0.05, 0) is 46.5 Å². The van der Waals surface area contributed by atoms with Gasteiger partial charge < -0.3 is 4.74 Å². The van der Waals surface area contributed by atoms with Crippen molar-refractivity contribution in [1.29, 1.82) is 0 Å². The van der Waals surface area contributed by atoms with Crippen LogP contribution in [0.5, 0.6) is 5.75 Å². The van der Waals surface area contributed by atoms with Crippen LogP contribution in [0.25, 0.3) is 0 Å². The summed E-state index contributed by atoms with van der Waals surface area (Å²) in [4.78, 5) is 0. The Morgan fingerprint density at radius 2 is 1.84 bits per heavy atom. The highest BCUT2D eigenvalue weighted by Gasteiger charge is 2.52. The van der Waals surface area contributed by atoms with E-state index in [0.29, 0.717) is 0 Å². The topological polar surface area (TPSA) is 24.8 Å². The van der Waals surface area contributed by atoms with E-state index in [0.717, 1.165) is 39.7 Å². The molecule has 5 heteroatoms. The molecule has 1 fully saturated rings. The van der Waals surface area contributed by atoms with Crippen molar-refractivity contribution in [3.05, 3.63) is 62.5 Å². The molecule has 1 aliphatic carbocycles. The van der Waals surface area contributed by atoms with Crippen molar-refractivity contribution in [3.63, 3.8) is 0 Å². The van der Waals surface area contributed by atoms with Crippen LogP contribution in [0, 0.1) is 0 Å². The third kappa shape index (κ3) is 2.47. The molecule has 3 nitrogen and oxygen atoms in total. The van der Waals surface area contributed by atoms with E-state index in [1.54, 1.807) is 0 Å². The van der Waals surface area contributed by atoms with E-state index >= 15 is 0 Å². The first-order chi connectivity index (χ1) is 12.2. The normalized spacial score (nSPS) is 23.2. The molecule has 0 amide bonds. The van der Waals surface area contributed by atoms with E-state index in [2.05, 4.69) is 79.3 Å². The smallest absolute Gasteiger partial charge is 0.198 e. The van der Waals surface area contributed by atoms with Gasteiger partial charge in [-0.15, -0.1) is 0 Å². The number of ether oxygens (including phenoxy) is 1. The van der Waals surface area contributed by atoms with E-state index in [1.807, 2.05) is 0 Å². The second-order valence-electron chi connectivity index (χ2n) is 7.04. The Balaban J connectivity index is 1.65. The Kier molecular flexibility index (Phi) is 3.72. The Morgan fingerprint density at radius 1 is 1.08 bits per heavy atom. The van der Waals surface area contributed by atoms with Gasteiger partial charge in [0.25, 0.3) is 0 Å². The van der Waals surface area contributed by atoms with E-state index in [-0.39, 0.29) is 11.8 Å². The van der Waals surface area contributed by atoms with Crippen molar-refractivity contribution in [3.8, 4) is 5.75 Å². The Bertz CT molecular complexity index is 859. The second-order valence-corrected chi connectivity index (χ2v) is 8.81. The van der Waals surface area contributed by atoms with Crippen molar-refractivity contribution < 1.29 is 4.74 Å². The summed E-state index contributed by atoms with van der Waals surface area (Å²) in [5.41, 5.74) is 3.29. The Morgan fingerprint density at radius 3 is 2.60 bits per heavy atom. The number of halogens is 2. The SMILES string of the molecule is Brc1cc(Br)c2c(c1)C1CC(c3ccccc3)=NN1C1(CCCC1)O2. The summed E-state index contributed by atoms with van der Waals surface area (Å²) in [5, 5.41) is 7.34. The summed E-state index contributed by atoms with van der Waals surface area (Å²) in [5.74, 6) is 0.996. The van der Waals surface area contributed by atoms with Crippen LogP contribution in [-0.2, 0) is 0 Å². The molecular weight excluding hydrogens is 444 g/mol. The molecule has 2 aromatic carbocycles. The lowest BCUT2D eigenvalue weighted by Gasteiger charge is -2.46. The van der Waals surface area contributed by atoms with E-state index in [1.165, 1.54) is 24.0 Å². The molecule has 2 aliphatic heterocycles. The molecule has 25 heavy (non-hydrogen) atoms. The zero-order chi connectivity index (χ0) is 17.0. The van der Waals surface area contributed by atoms with Crippen LogP contribution in [-0.4, -0.2) is 16.4 Å². The molecule has 0 saturated heterocycles. The molecule has 2 aromatic rings. The first kappa shape index (κ1) is 15.9. The van der Waals surface area contributed by atoms with Crippen molar-refractivity contribution >= 4 is 37.6 Å². The molecule has 1 saturated carbocycles. The zero-order valence-electron chi connectivity index (χ0n) is 13.7. The van der Waals surface area contributed by atoms with Gasteiger partial charge in [-0.3, -0.25) is 0 Å². The number of hydrazone groups is 1. The van der Waals surface area contributed by atoms with Crippen LogP contribution in [0.15, 0.2) is 56.5 Å². The van der Waals surface area contributed by atoms with Gasteiger partial charge in [0.05, 0.1) is 16.2 Å². The molecule has 128 valence electrons. The van der Waals surface area contributed by atoms with Crippen molar-refractivity contribution in [2.24, 2.45) is 5.10 Å². The predicted octanol–water partition coefficient (Wildman–Crippen LogP) is 6.03. The monoisotopic (exact) mass is 460 g/mol. The lowest BCUT2D eigenvalue weighted by atomic mass is 9.94. The third-order valence-electron chi connectivity index (χ3n) is 5.51. The summed E-state index contributed by atoms with van der Waals surface area (Å²) in [6, 6.07) is 15.0. The summed E-state index contributed by atoms with van der Waals surface area (Å²) in [6.07, 6.45) is 5.39. The van der Waals surface area contributed by atoms with E-state index in [4.69, 9.17) is 9.84 Å². The summed E-state index contributed by atoms with van der Waals surface area (Å²) < 4.78 is 8.71. The fourth-order valence-corrected chi connectivity index (χ4v) is 5.70. The lowest BCUT2D eigenvalue weighted by Crippen LogP contribution is -2.51. The maximum Gasteiger partial charge on any atom is 0.198 e. The highest BCUT2D eigenvalue weighted by molar-refractivity contribution is 9.11. The number of hydrogen-bond acceptors (Lipinski definition) is 3. The average Bonchev–Trinajstić information content (AvgIpc) is 3.26. The molecular formula is C20H18Br2N2O. The van der Waals surface area contributed by atoms with Gasteiger partial charge in [0.2, 0.25) is 0 Å². The fraction of sp³-hybridized carbons (Fsp3) is 0.350. The van der Waals surface area contributed by atoms with Gasteiger partial charge in [0.1, 0.15) is 5.75 Å². The zero-order valence-corrected chi connectivity index (χ0v) is 16.9. The molecule has 5 rings (SSSR count). The average molecular weight is 462 g/mol. The quantitative estimate of drug-likeness (QED) is 0.518. The molecule has 0 N–H and O–H groups in total. The minimum Gasteiger partial charge on any atom is -0.465 e. The second kappa shape index (κ2) is 5.85. The van der Waals surface area contributed by atoms with Gasteiger partial charge in [-0.1, -0.05) is 46.3 Å². The molecule has 0 radical (unpaired) electrons. The van der Waals surface area contributed by atoms with Gasteiger partial charge in [-0.2, -0.15) is 5.10 Å².